The Labute approximate surface area is 237 Å². The SMILES string of the molecule is COc1ccc(CN2Cc3nc(-c4ccccc4F)cc(Nc4ccc(N5CCOCC5)cn4)c3C2=O)c(OC)c1. The Morgan fingerprint density at radius 1 is 1.02 bits per heavy atom. The Kier molecular flexibility index (Phi) is 7.39. The quantitative estimate of drug-likeness (QED) is 0.324. The number of anilines is 3. The molecule has 210 valence electrons. The van der Waals surface area contributed by atoms with Crippen LogP contribution in [-0.4, -0.2) is 61.3 Å². The number of methoxy groups -OCH3 is 2. The van der Waals surface area contributed by atoms with Crippen molar-refractivity contribution in [3.8, 4) is 22.8 Å². The number of halogens is 1. The number of amides is 1. The minimum atomic E-state index is -0.386. The van der Waals surface area contributed by atoms with Crippen LogP contribution in [0, 0.1) is 5.82 Å². The van der Waals surface area contributed by atoms with Crippen molar-refractivity contribution in [1.29, 1.82) is 0 Å². The van der Waals surface area contributed by atoms with E-state index in [1.807, 2.05) is 24.3 Å². The van der Waals surface area contributed by atoms with E-state index in [4.69, 9.17) is 19.2 Å². The molecule has 2 aromatic carbocycles. The van der Waals surface area contributed by atoms with Crippen molar-refractivity contribution in [1.82, 2.24) is 14.9 Å². The highest BCUT2D eigenvalue weighted by molar-refractivity contribution is 6.04. The van der Waals surface area contributed by atoms with Gasteiger partial charge in [-0.3, -0.25) is 4.79 Å². The van der Waals surface area contributed by atoms with Crippen LogP contribution in [0.1, 0.15) is 21.6 Å². The summed E-state index contributed by atoms with van der Waals surface area (Å²) in [7, 11) is 3.17. The van der Waals surface area contributed by atoms with Crippen LogP contribution in [0.3, 0.4) is 0 Å². The first kappa shape index (κ1) is 26.5. The van der Waals surface area contributed by atoms with Gasteiger partial charge in [0, 0.05) is 30.3 Å². The van der Waals surface area contributed by atoms with Crippen LogP contribution in [0.4, 0.5) is 21.6 Å². The lowest BCUT2D eigenvalue weighted by atomic mass is 10.1. The fraction of sp³-hybridized carbons (Fsp3) is 0.258. The van der Waals surface area contributed by atoms with Gasteiger partial charge < -0.3 is 29.3 Å². The summed E-state index contributed by atoms with van der Waals surface area (Å²) in [4.78, 5) is 27.0. The van der Waals surface area contributed by atoms with Crippen LogP contribution < -0.4 is 19.7 Å². The number of hydrogen-bond acceptors (Lipinski definition) is 8. The standard InChI is InChI=1S/C31H30FN5O4/c1-39-22-9-7-20(28(15-22)40-2)18-37-19-27-30(31(37)38)26(16-25(34-27)23-5-3-4-6-24(23)32)35-29-10-8-21(17-33-29)36-11-13-41-14-12-36/h3-10,15-17H,11-14,18-19H2,1-2H3,(H,33,34,35). The second kappa shape index (κ2) is 11.4. The molecule has 10 heteroatoms. The topological polar surface area (TPSA) is 89.0 Å². The summed E-state index contributed by atoms with van der Waals surface area (Å²) in [6, 6.07) is 17.6. The predicted molar refractivity (Wildman–Crippen MR) is 153 cm³/mol. The average molecular weight is 556 g/mol. The molecule has 41 heavy (non-hydrogen) atoms. The minimum absolute atomic E-state index is 0.183. The third kappa shape index (κ3) is 5.38. The van der Waals surface area contributed by atoms with Crippen LogP contribution in [0.15, 0.2) is 66.9 Å². The third-order valence-corrected chi connectivity index (χ3v) is 7.33. The summed E-state index contributed by atoms with van der Waals surface area (Å²) >= 11 is 0. The third-order valence-electron chi connectivity index (χ3n) is 7.33. The number of aromatic nitrogens is 2. The Morgan fingerprint density at radius 2 is 1.85 bits per heavy atom. The monoisotopic (exact) mass is 555 g/mol. The highest BCUT2D eigenvalue weighted by atomic mass is 19.1. The Hall–Kier alpha value is -4.70. The first-order valence-electron chi connectivity index (χ1n) is 13.4. The number of benzene rings is 2. The second-order valence-corrected chi connectivity index (χ2v) is 9.82. The summed E-state index contributed by atoms with van der Waals surface area (Å²) in [6.45, 7) is 3.56. The summed E-state index contributed by atoms with van der Waals surface area (Å²) in [5.41, 5.74) is 4.16. The molecule has 2 aliphatic rings. The molecule has 0 saturated carbocycles. The van der Waals surface area contributed by atoms with Crippen LogP contribution in [0.5, 0.6) is 11.5 Å². The zero-order valence-corrected chi connectivity index (χ0v) is 22.9. The van der Waals surface area contributed by atoms with E-state index in [1.165, 1.54) is 6.07 Å². The summed E-state index contributed by atoms with van der Waals surface area (Å²) in [6.07, 6.45) is 1.80. The van der Waals surface area contributed by atoms with Crippen molar-refractivity contribution < 1.29 is 23.4 Å². The van der Waals surface area contributed by atoms with Crippen molar-refractivity contribution in [2.24, 2.45) is 0 Å². The van der Waals surface area contributed by atoms with E-state index in [0.29, 0.717) is 65.3 Å². The molecule has 0 aliphatic carbocycles. The van der Waals surface area contributed by atoms with Gasteiger partial charge in [-0.25, -0.2) is 14.4 Å². The first-order chi connectivity index (χ1) is 20.0. The fourth-order valence-electron chi connectivity index (χ4n) is 5.19. The number of morpholine rings is 1. The molecular formula is C31H30FN5O4. The fourth-order valence-corrected chi connectivity index (χ4v) is 5.19. The molecule has 6 rings (SSSR count). The molecule has 2 aliphatic heterocycles. The summed E-state index contributed by atoms with van der Waals surface area (Å²) in [5, 5.41) is 3.31. The zero-order chi connectivity index (χ0) is 28.3. The number of ether oxygens (including phenoxy) is 3. The molecule has 0 radical (unpaired) electrons. The number of nitrogens with zero attached hydrogens (tertiary/aromatic N) is 4. The number of carbonyl (C=O) groups excluding carboxylic acids is 1. The molecule has 2 aromatic heterocycles. The zero-order valence-electron chi connectivity index (χ0n) is 22.9. The molecule has 9 nitrogen and oxygen atoms in total. The molecule has 0 unspecified atom stereocenters. The molecule has 0 bridgehead atoms. The highest BCUT2D eigenvalue weighted by Crippen LogP contribution is 2.36. The van der Waals surface area contributed by atoms with Crippen molar-refractivity contribution >= 4 is 23.1 Å². The summed E-state index contributed by atoms with van der Waals surface area (Å²) < 4.78 is 31.1. The van der Waals surface area contributed by atoms with E-state index in [1.54, 1.807) is 55.6 Å². The molecule has 1 saturated heterocycles. The van der Waals surface area contributed by atoms with E-state index in [9.17, 15) is 9.18 Å². The van der Waals surface area contributed by atoms with E-state index in [0.717, 1.165) is 24.3 Å². The number of carbonyl (C=O) groups is 1. The Morgan fingerprint density at radius 3 is 2.59 bits per heavy atom. The maximum atomic E-state index is 14.8. The molecule has 1 N–H and O–H groups in total. The van der Waals surface area contributed by atoms with E-state index in [-0.39, 0.29) is 18.3 Å². The van der Waals surface area contributed by atoms with E-state index in [2.05, 4.69) is 15.2 Å². The summed E-state index contributed by atoms with van der Waals surface area (Å²) in [5.74, 6) is 1.28. The van der Waals surface area contributed by atoms with Gasteiger partial charge in [0.15, 0.2) is 0 Å². The van der Waals surface area contributed by atoms with Gasteiger partial charge in [-0.1, -0.05) is 12.1 Å². The largest absolute Gasteiger partial charge is 0.497 e. The molecule has 4 heterocycles. The molecular weight excluding hydrogens is 525 g/mol. The van der Waals surface area contributed by atoms with E-state index >= 15 is 0 Å². The van der Waals surface area contributed by atoms with Crippen molar-refractivity contribution in [2.75, 3.05) is 50.7 Å². The van der Waals surface area contributed by atoms with E-state index < -0.39 is 0 Å². The molecule has 4 aromatic rings. The van der Waals surface area contributed by atoms with Crippen LogP contribution >= 0.6 is 0 Å². The van der Waals surface area contributed by atoms with Crippen molar-refractivity contribution in [3.05, 3.63) is 89.5 Å². The van der Waals surface area contributed by atoms with Crippen LogP contribution in [0.2, 0.25) is 0 Å². The van der Waals surface area contributed by atoms with Crippen LogP contribution in [0.25, 0.3) is 11.3 Å². The van der Waals surface area contributed by atoms with Gasteiger partial charge in [-0.15, -0.1) is 0 Å². The van der Waals surface area contributed by atoms with Gasteiger partial charge in [-0.05, 0) is 42.5 Å². The smallest absolute Gasteiger partial charge is 0.258 e. The second-order valence-electron chi connectivity index (χ2n) is 9.82. The highest BCUT2D eigenvalue weighted by Gasteiger charge is 2.33. The Bertz CT molecular complexity index is 1570. The van der Waals surface area contributed by atoms with Gasteiger partial charge in [0.1, 0.15) is 23.1 Å². The lowest BCUT2D eigenvalue weighted by Crippen LogP contribution is -2.36. The van der Waals surface area contributed by atoms with Crippen molar-refractivity contribution in [3.63, 3.8) is 0 Å². The minimum Gasteiger partial charge on any atom is -0.497 e. The van der Waals surface area contributed by atoms with Crippen LogP contribution in [-0.2, 0) is 17.8 Å². The van der Waals surface area contributed by atoms with Gasteiger partial charge >= 0.3 is 0 Å². The maximum Gasteiger partial charge on any atom is 0.258 e. The molecule has 0 atom stereocenters. The maximum absolute atomic E-state index is 14.8. The number of hydrogen-bond donors (Lipinski definition) is 1. The molecule has 1 fully saturated rings. The first-order valence-corrected chi connectivity index (χ1v) is 13.4. The lowest BCUT2D eigenvalue weighted by Gasteiger charge is -2.28. The number of nitrogens with one attached hydrogen (secondary N) is 1. The molecule has 1 amide bonds. The predicted octanol–water partition coefficient (Wildman–Crippen LogP) is 5.04. The van der Waals surface area contributed by atoms with Gasteiger partial charge in [0.25, 0.3) is 5.91 Å². The number of fused-ring (bicyclic) bond motifs is 1. The van der Waals surface area contributed by atoms with Crippen molar-refractivity contribution in [2.45, 2.75) is 13.1 Å². The normalized spacial score (nSPS) is 14.7. The van der Waals surface area contributed by atoms with Gasteiger partial charge in [0.2, 0.25) is 0 Å². The molecule has 0 spiro atoms. The number of pyridine rings is 2. The van der Waals surface area contributed by atoms with Gasteiger partial charge in [0.05, 0.1) is 75.0 Å². The number of rotatable bonds is 8. The Balaban J connectivity index is 1.33. The average Bonchev–Trinajstić information content (AvgIpc) is 3.33. The lowest BCUT2D eigenvalue weighted by molar-refractivity contribution is 0.0766. The van der Waals surface area contributed by atoms with Gasteiger partial charge in [-0.2, -0.15) is 0 Å².